The van der Waals surface area contributed by atoms with E-state index in [4.69, 9.17) is 4.74 Å². The number of hydrogen-bond donors (Lipinski definition) is 1. The van der Waals surface area contributed by atoms with Crippen molar-refractivity contribution in [3.05, 3.63) is 76.8 Å². The van der Waals surface area contributed by atoms with Gasteiger partial charge in [-0.2, -0.15) is 4.98 Å². The van der Waals surface area contributed by atoms with Gasteiger partial charge in [-0.25, -0.2) is 4.52 Å². The summed E-state index contributed by atoms with van der Waals surface area (Å²) in [6, 6.07) is 17.5. The number of thiazole rings is 1. The second kappa shape index (κ2) is 8.92. The van der Waals surface area contributed by atoms with Gasteiger partial charge in [-0.1, -0.05) is 41.7 Å². The minimum atomic E-state index is -0.0993. The number of aromatic nitrogens is 3. The van der Waals surface area contributed by atoms with E-state index in [1.807, 2.05) is 72.1 Å². The van der Waals surface area contributed by atoms with Gasteiger partial charge >= 0.3 is 0 Å². The van der Waals surface area contributed by atoms with Crippen LogP contribution in [0, 0.1) is 6.92 Å². The van der Waals surface area contributed by atoms with Crippen LogP contribution >= 0.6 is 11.3 Å². The predicted molar refractivity (Wildman–Crippen MR) is 120 cm³/mol. The summed E-state index contributed by atoms with van der Waals surface area (Å²) in [5.41, 5.74) is 3.00. The summed E-state index contributed by atoms with van der Waals surface area (Å²) < 4.78 is 7.07. The van der Waals surface area contributed by atoms with Crippen LogP contribution in [0.3, 0.4) is 0 Å². The summed E-state index contributed by atoms with van der Waals surface area (Å²) in [7, 11) is 1.65. The van der Waals surface area contributed by atoms with Gasteiger partial charge < -0.3 is 10.1 Å². The summed E-state index contributed by atoms with van der Waals surface area (Å²) in [4.78, 5) is 18.7. The summed E-state index contributed by atoms with van der Waals surface area (Å²) >= 11 is 1.60. The number of ether oxygens (including phenoxy) is 1. The maximum atomic E-state index is 12.0. The van der Waals surface area contributed by atoms with Gasteiger partial charge in [-0.15, -0.1) is 5.10 Å². The fourth-order valence-corrected chi connectivity index (χ4v) is 4.13. The van der Waals surface area contributed by atoms with Crippen molar-refractivity contribution in [3.8, 4) is 17.1 Å². The van der Waals surface area contributed by atoms with Crippen LogP contribution in [0.5, 0.6) is 5.75 Å². The highest BCUT2D eigenvalue weighted by Gasteiger charge is 2.14. The molecule has 152 valence electrons. The number of nitrogens with zero attached hydrogens (tertiary/aromatic N) is 3. The molecule has 0 saturated carbocycles. The van der Waals surface area contributed by atoms with Crippen molar-refractivity contribution in [1.29, 1.82) is 0 Å². The molecule has 0 unspecified atom stereocenters. The topological polar surface area (TPSA) is 68.5 Å². The van der Waals surface area contributed by atoms with Gasteiger partial charge in [0.25, 0.3) is 0 Å². The van der Waals surface area contributed by atoms with E-state index in [0.29, 0.717) is 12.4 Å². The first-order valence-electron chi connectivity index (χ1n) is 9.64. The fourth-order valence-electron chi connectivity index (χ4n) is 3.07. The lowest BCUT2D eigenvalue weighted by Crippen LogP contribution is -2.23. The number of hydrogen-bond acceptors (Lipinski definition) is 5. The summed E-state index contributed by atoms with van der Waals surface area (Å²) in [5.74, 6) is 1.40. The molecule has 30 heavy (non-hydrogen) atoms. The Morgan fingerprint density at radius 3 is 2.63 bits per heavy atom. The lowest BCUT2D eigenvalue weighted by molar-refractivity contribution is -0.116. The van der Waals surface area contributed by atoms with E-state index in [1.165, 1.54) is 4.88 Å². The molecule has 0 bridgehead atoms. The molecule has 0 atom stereocenters. The molecule has 2 aromatic carbocycles. The van der Waals surface area contributed by atoms with Gasteiger partial charge in [0.1, 0.15) is 5.75 Å². The summed E-state index contributed by atoms with van der Waals surface area (Å²) in [5, 5.41) is 7.57. The number of carbonyl (C=O) groups excluding carboxylic acids is 1. The van der Waals surface area contributed by atoms with Crippen LogP contribution in [0.1, 0.15) is 16.1 Å². The van der Waals surface area contributed by atoms with E-state index >= 15 is 0 Å². The van der Waals surface area contributed by atoms with Crippen LogP contribution in [-0.4, -0.2) is 34.2 Å². The largest absolute Gasteiger partial charge is 0.497 e. The third-order valence-corrected chi connectivity index (χ3v) is 5.93. The SMILES string of the molecule is COc1ccc(-c2nc3sc(CCNC(=O)/C=C/c4ccccc4)c(C)n3n2)cc1. The average molecular weight is 419 g/mol. The number of carbonyl (C=O) groups is 1. The molecule has 0 spiro atoms. The van der Waals surface area contributed by atoms with Crippen LogP contribution < -0.4 is 10.1 Å². The van der Waals surface area contributed by atoms with Crippen LogP contribution in [0.4, 0.5) is 0 Å². The molecule has 0 aliphatic carbocycles. The number of fused-ring (bicyclic) bond motifs is 1. The Morgan fingerprint density at radius 2 is 1.93 bits per heavy atom. The third-order valence-electron chi connectivity index (χ3n) is 4.74. The lowest BCUT2D eigenvalue weighted by atomic mass is 10.2. The quantitative estimate of drug-likeness (QED) is 0.458. The highest BCUT2D eigenvalue weighted by atomic mass is 32.1. The minimum absolute atomic E-state index is 0.0993. The van der Waals surface area contributed by atoms with Gasteiger partial charge in [-0.05, 0) is 42.8 Å². The standard InChI is InChI=1S/C23H22N4O2S/c1-16-20(14-15-24-21(28)13-8-17-6-4-3-5-7-17)30-23-25-22(26-27(16)23)18-9-11-19(29-2)12-10-18/h3-13H,14-15H2,1-2H3,(H,24,28)/b13-8+. The number of benzene rings is 2. The fraction of sp³-hybridized carbons (Fsp3) is 0.174. The molecule has 2 aromatic heterocycles. The van der Waals surface area contributed by atoms with E-state index < -0.39 is 0 Å². The van der Waals surface area contributed by atoms with Gasteiger partial charge in [0.15, 0.2) is 5.82 Å². The molecule has 6 nitrogen and oxygen atoms in total. The molecule has 7 heteroatoms. The Hall–Kier alpha value is -3.45. The molecule has 0 aliphatic rings. The molecule has 0 aliphatic heterocycles. The van der Waals surface area contributed by atoms with Crippen molar-refractivity contribution >= 4 is 28.3 Å². The predicted octanol–water partition coefficient (Wildman–Crippen LogP) is 4.15. The lowest BCUT2D eigenvalue weighted by Gasteiger charge is -2.02. The molecule has 1 amide bonds. The van der Waals surface area contributed by atoms with E-state index in [9.17, 15) is 4.79 Å². The second-order valence-corrected chi connectivity index (χ2v) is 7.82. The monoisotopic (exact) mass is 418 g/mol. The maximum Gasteiger partial charge on any atom is 0.244 e. The molecule has 0 radical (unpaired) electrons. The van der Waals surface area contributed by atoms with Crippen molar-refractivity contribution in [1.82, 2.24) is 19.9 Å². The third kappa shape index (κ3) is 4.41. The number of nitrogens with one attached hydrogen (secondary N) is 1. The van der Waals surface area contributed by atoms with E-state index in [-0.39, 0.29) is 5.91 Å². The van der Waals surface area contributed by atoms with Crippen molar-refractivity contribution in [2.75, 3.05) is 13.7 Å². The van der Waals surface area contributed by atoms with Crippen molar-refractivity contribution in [2.45, 2.75) is 13.3 Å². The van der Waals surface area contributed by atoms with Crippen molar-refractivity contribution in [3.63, 3.8) is 0 Å². The van der Waals surface area contributed by atoms with Gasteiger partial charge in [0.2, 0.25) is 10.9 Å². The van der Waals surface area contributed by atoms with Crippen LogP contribution in [0.25, 0.3) is 22.4 Å². The highest BCUT2D eigenvalue weighted by molar-refractivity contribution is 7.17. The van der Waals surface area contributed by atoms with E-state index in [0.717, 1.165) is 34.0 Å². The summed E-state index contributed by atoms with van der Waals surface area (Å²) in [6.07, 6.45) is 4.11. The number of rotatable bonds is 7. The number of aryl methyl sites for hydroxylation is 1. The molecule has 0 fully saturated rings. The molecular formula is C23H22N4O2S. The first-order valence-corrected chi connectivity index (χ1v) is 10.5. The first kappa shape index (κ1) is 19.8. The Morgan fingerprint density at radius 1 is 1.17 bits per heavy atom. The van der Waals surface area contributed by atoms with Gasteiger partial charge in [0, 0.05) is 29.5 Å². The zero-order valence-electron chi connectivity index (χ0n) is 16.8. The van der Waals surface area contributed by atoms with Gasteiger partial charge in [-0.3, -0.25) is 4.79 Å². The van der Waals surface area contributed by atoms with Crippen LogP contribution in [0.15, 0.2) is 60.7 Å². The maximum absolute atomic E-state index is 12.0. The molecular weight excluding hydrogens is 396 g/mol. The molecule has 1 N–H and O–H groups in total. The van der Waals surface area contributed by atoms with Crippen LogP contribution in [0.2, 0.25) is 0 Å². The zero-order chi connectivity index (χ0) is 20.9. The Kier molecular flexibility index (Phi) is 5.90. The second-order valence-electron chi connectivity index (χ2n) is 6.75. The normalized spacial score (nSPS) is 11.3. The average Bonchev–Trinajstić information content (AvgIpc) is 3.32. The van der Waals surface area contributed by atoms with Crippen LogP contribution in [-0.2, 0) is 11.2 Å². The first-order chi connectivity index (χ1) is 14.6. The Balaban J connectivity index is 1.38. The van der Waals surface area contributed by atoms with Crippen molar-refractivity contribution < 1.29 is 9.53 Å². The number of methoxy groups -OCH3 is 1. The smallest absolute Gasteiger partial charge is 0.244 e. The number of amides is 1. The van der Waals surface area contributed by atoms with Crippen molar-refractivity contribution in [2.24, 2.45) is 0 Å². The Labute approximate surface area is 178 Å². The zero-order valence-corrected chi connectivity index (χ0v) is 17.6. The molecule has 2 heterocycles. The van der Waals surface area contributed by atoms with E-state index in [2.05, 4.69) is 15.4 Å². The highest BCUT2D eigenvalue weighted by Crippen LogP contribution is 2.26. The minimum Gasteiger partial charge on any atom is -0.497 e. The Bertz CT molecular complexity index is 1180. The van der Waals surface area contributed by atoms with Gasteiger partial charge in [0.05, 0.1) is 12.8 Å². The van der Waals surface area contributed by atoms with E-state index in [1.54, 1.807) is 24.5 Å². The molecule has 0 saturated heterocycles. The summed E-state index contributed by atoms with van der Waals surface area (Å²) in [6.45, 7) is 2.59. The molecule has 4 rings (SSSR count). The molecule has 4 aromatic rings.